The number of hydrogen-bond acceptors (Lipinski definition) is 3. The van der Waals surface area contributed by atoms with E-state index in [2.05, 4.69) is 13.0 Å². The first-order chi connectivity index (χ1) is 11.5. The summed E-state index contributed by atoms with van der Waals surface area (Å²) in [6, 6.07) is 5.95. The predicted octanol–water partition coefficient (Wildman–Crippen LogP) is 4.57. The zero-order chi connectivity index (χ0) is 16.9. The van der Waals surface area contributed by atoms with Gasteiger partial charge in [0.05, 0.1) is 0 Å². The van der Waals surface area contributed by atoms with Crippen LogP contribution in [0.3, 0.4) is 0 Å². The van der Waals surface area contributed by atoms with Crippen LogP contribution in [0.5, 0.6) is 5.75 Å². The van der Waals surface area contributed by atoms with E-state index in [1.54, 1.807) is 0 Å². The van der Waals surface area contributed by atoms with Gasteiger partial charge in [0.2, 0.25) is 0 Å². The fourth-order valence-electron chi connectivity index (χ4n) is 5.96. The van der Waals surface area contributed by atoms with E-state index in [0.717, 1.165) is 19.3 Å². The SMILES string of the molecule is CCC(=O)O[C@@H]1CC[C@H]2[C@@H]3CCc4cc(O)ccc4[C@H]3CC[C@]12C. The van der Waals surface area contributed by atoms with Gasteiger partial charge in [-0.1, -0.05) is 19.9 Å². The number of aryl methyl sites for hydroxylation is 1. The number of ether oxygens (including phenoxy) is 1. The highest BCUT2D eigenvalue weighted by Gasteiger charge is 2.56. The first-order valence-corrected chi connectivity index (χ1v) is 9.54. The Morgan fingerprint density at radius 2 is 2.12 bits per heavy atom. The molecule has 1 aromatic rings. The maximum atomic E-state index is 11.8. The molecule has 5 atom stereocenters. The summed E-state index contributed by atoms with van der Waals surface area (Å²) in [5.74, 6) is 2.32. The van der Waals surface area contributed by atoms with Gasteiger partial charge in [-0.05, 0) is 79.5 Å². The van der Waals surface area contributed by atoms with Crippen molar-refractivity contribution >= 4 is 5.97 Å². The molecule has 3 heteroatoms. The maximum absolute atomic E-state index is 11.8. The lowest BCUT2D eigenvalue weighted by Gasteiger charge is -2.50. The van der Waals surface area contributed by atoms with Gasteiger partial charge in [0.15, 0.2) is 0 Å². The van der Waals surface area contributed by atoms with Crippen LogP contribution in [0.4, 0.5) is 0 Å². The topological polar surface area (TPSA) is 46.5 Å². The number of aromatic hydroxyl groups is 1. The third-order valence-electron chi connectivity index (χ3n) is 7.19. The molecule has 0 radical (unpaired) electrons. The van der Waals surface area contributed by atoms with Crippen molar-refractivity contribution in [3.05, 3.63) is 29.3 Å². The second-order valence-electron chi connectivity index (χ2n) is 8.25. The van der Waals surface area contributed by atoms with Gasteiger partial charge >= 0.3 is 5.97 Å². The van der Waals surface area contributed by atoms with E-state index < -0.39 is 0 Å². The molecule has 0 amide bonds. The van der Waals surface area contributed by atoms with Gasteiger partial charge in [-0.2, -0.15) is 0 Å². The highest BCUT2D eigenvalue weighted by Crippen LogP contribution is 2.61. The Balaban J connectivity index is 1.60. The average molecular weight is 328 g/mol. The molecule has 1 aromatic carbocycles. The molecule has 1 N–H and O–H groups in total. The second-order valence-corrected chi connectivity index (χ2v) is 8.25. The molecular formula is C21H28O3. The Morgan fingerprint density at radius 3 is 2.92 bits per heavy atom. The van der Waals surface area contributed by atoms with Crippen LogP contribution in [0.1, 0.15) is 69.4 Å². The predicted molar refractivity (Wildman–Crippen MR) is 92.9 cm³/mol. The van der Waals surface area contributed by atoms with Crippen molar-refractivity contribution in [2.75, 3.05) is 0 Å². The number of carbonyl (C=O) groups is 1. The zero-order valence-corrected chi connectivity index (χ0v) is 14.8. The lowest BCUT2D eigenvalue weighted by Crippen LogP contribution is -2.45. The van der Waals surface area contributed by atoms with Crippen molar-refractivity contribution in [1.82, 2.24) is 0 Å². The Kier molecular flexibility index (Phi) is 3.85. The summed E-state index contributed by atoms with van der Waals surface area (Å²) in [6.45, 7) is 4.24. The largest absolute Gasteiger partial charge is 0.508 e. The first-order valence-electron chi connectivity index (χ1n) is 9.54. The van der Waals surface area contributed by atoms with Crippen molar-refractivity contribution in [3.8, 4) is 5.75 Å². The molecule has 0 saturated heterocycles. The molecule has 0 bridgehead atoms. The Hall–Kier alpha value is -1.51. The van der Waals surface area contributed by atoms with Crippen molar-refractivity contribution < 1.29 is 14.6 Å². The van der Waals surface area contributed by atoms with Crippen LogP contribution in [0.15, 0.2) is 18.2 Å². The second kappa shape index (κ2) is 5.79. The quantitative estimate of drug-likeness (QED) is 0.809. The molecule has 130 valence electrons. The van der Waals surface area contributed by atoms with Crippen LogP contribution in [-0.2, 0) is 16.0 Å². The minimum Gasteiger partial charge on any atom is -0.508 e. The summed E-state index contributed by atoms with van der Waals surface area (Å²) in [6.07, 6.45) is 7.38. The smallest absolute Gasteiger partial charge is 0.305 e. The molecule has 0 unspecified atom stereocenters. The van der Waals surface area contributed by atoms with E-state index in [-0.39, 0.29) is 17.5 Å². The molecule has 3 nitrogen and oxygen atoms in total. The molecule has 2 fully saturated rings. The molecule has 0 aliphatic heterocycles. The van der Waals surface area contributed by atoms with Crippen LogP contribution >= 0.6 is 0 Å². The monoisotopic (exact) mass is 328 g/mol. The van der Waals surface area contributed by atoms with E-state index in [4.69, 9.17) is 4.74 Å². The van der Waals surface area contributed by atoms with Crippen LogP contribution in [-0.4, -0.2) is 17.2 Å². The molecule has 3 aliphatic rings. The number of carbonyl (C=O) groups excluding carboxylic acids is 1. The van der Waals surface area contributed by atoms with Crippen LogP contribution < -0.4 is 0 Å². The maximum Gasteiger partial charge on any atom is 0.305 e. The molecule has 4 rings (SSSR count). The Morgan fingerprint density at radius 1 is 1.29 bits per heavy atom. The summed E-state index contributed by atoms with van der Waals surface area (Å²) in [5.41, 5.74) is 2.95. The van der Waals surface area contributed by atoms with Crippen molar-refractivity contribution in [1.29, 1.82) is 0 Å². The summed E-state index contributed by atoms with van der Waals surface area (Å²) in [4.78, 5) is 11.8. The lowest BCUT2D eigenvalue weighted by molar-refractivity contribution is -0.157. The normalized spacial score (nSPS) is 37.2. The molecule has 0 heterocycles. The standard InChI is InChI=1S/C21H28O3/c1-3-20(23)24-19-9-8-18-17-6-4-13-12-14(22)5-7-15(13)16(17)10-11-21(18,19)2/h5,7,12,16-19,22H,3-4,6,8-11H2,1-2H3/t16-,17-,18+,19-,21+/m1/s1. The molecule has 2 saturated carbocycles. The number of phenolic OH excluding ortho intramolecular Hbond substituents is 1. The minimum absolute atomic E-state index is 0.0477. The third-order valence-corrected chi connectivity index (χ3v) is 7.19. The molecular weight excluding hydrogens is 300 g/mol. The first kappa shape index (κ1) is 16.0. The van der Waals surface area contributed by atoms with Gasteiger partial charge in [0.1, 0.15) is 11.9 Å². The number of esters is 1. The van der Waals surface area contributed by atoms with Gasteiger partial charge in [-0.15, -0.1) is 0 Å². The molecule has 3 aliphatic carbocycles. The summed E-state index contributed by atoms with van der Waals surface area (Å²) < 4.78 is 5.83. The average Bonchev–Trinajstić information content (AvgIpc) is 2.90. The fraction of sp³-hybridized carbons (Fsp3) is 0.667. The van der Waals surface area contributed by atoms with Gasteiger partial charge < -0.3 is 9.84 Å². The fourth-order valence-corrected chi connectivity index (χ4v) is 5.96. The number of hydrogen-bond donors (Lipinski definition) is 1. The van der Waals surface area contributed by atoms with Crippen molar-refractivity contribution in [2.45, 2.75) is 70.8 Å². The van der Waals surface area contributed by atoms with Gasteiger partial charge in [-0.3, -0.25) is 4.79 Å². The lowest BCUT2D eigenvalue weighted by atomic mass is 9.55. The summed E-state index contributed by atoms with van der Waals surface area (Å²) >= 11 is 0. The van der Waals surface area contributed by atoms with E-state index in [0.29, 0.717) is 29.9 Å². The van der Waals surface area contributed by atoms with Crippen LogP contribution in [0.2, 0.25) is 0 Å². The van der Waals surface area contributed by atoms with E-state index in [9.17, 15) is 9.90 Å². The van der Waals surface area contributed by atoms with E-state index in [1.807, 2.05) is 19.1 Å². The summed E-state index contributed by atoms with van der Waals surface area (Å²) in [7, 11) is 0. The van der Waals surface area contributed by atoms with E-state index in [1.165, 1.54) is 30.4 Å². The van der Waals surface area contributed by atoms with Crippen LogP contribution in [0.25, 0.3) is 0 Å². The molecule has 0 spiro atoms. The van der Waals surface area contributed by atoms with Gasteiger partial charge in [0.25, 0.3) is 0 Å². The summed E-state index contributed by atoms with van der Waals surface area (Å²) in [5, 5.41) is 9.77. The van der Waals surface area contributed by atoms with Crippen molar-refractivity contribution in [2.24, 2.45) is 17.3 Å². The minimum atomic E-state index is -0.0477. The number of benzene rings is 1. The molecule has 0 aromatic heterocycles. The molecule has 24 heavy (non-hydrogen) atoms. The van der Waals surface area contributed by atoms with Crippen LogP contribution in [0, 0.1) is 17.3 Å². The highest BCUT2D eigenvalue weighted by atomic mass is 16.5. The number of phenols is 1. The highest BCUT2D eigenvalue weighted by molar-refractivity contribution is 5.69. The Bertz CT molecular complexity index is 652. The van der Waals surface area contributed by atoms with E-state index >= 15 is 0 Å². The number of fused-ring (bicyclic) bond motifs is 5. The zero-order valence-electron chi connectivity index (χ0n) is 14.8. The van der Waals surface area contributed by atoms with Gasteiger partial charge in [-0.25, -0.2) is 0 Å². The number of rotatable bonds is 2. The third kappa shape index (κ3) is 2.35. The Labute approximate surface area is 144 Å². The van der Waals surface area contributed by atoms with Gasteiger partial charge in [0, 0.05) is 11.8 Å². The van der Waals surface area contributed by atoms with Crippen molar-refractivity contribution in [3.63, 3.8) is 0 Å².